The minimum atomic E-state index is -4.40. The van der Waals surface area contributed by atoms with Gasteiger partial charge in [0.15, 0.2) is 28.7 Å². The summed E-state index contributed by atoms with van der Waals surface area (Å²) in [5, 5.41) is 8.51. The van der Waals surface area contributed by atoms with Crippen molar-refractivity contribution in [2.75, 3.05) is 0 Å². The first-order valence-corrected chi connectivity index (χ1v) is 9.43. The number of benzene rings is 2. The fourth-order valence-electron chi connectivity index (χ4n) is 2.61. The lowest BCUT2D eigenvalue weighted by Crippen LogP contribution is -2.11. The summed E-state index contributed by atoms with van der Waals surface area (Å²) in [6.45, 7) is 1.63. The summed E-state index contributed by atoms with van der Waals surface area (Å²) in [5.74, 6) is -1.02. The Morgan fingerprint density at radius 2 is 1.86 bits per heavy atom. The van der Waals surface area contributed by atoms with E-state index in [1.165, 1.54) is 23.9 Å². The molecule has 0 amide bonds. The van der Waals surface area contributed by atoms with E-state index in [2.05, 4.69) is 10.2 Å². The SMILES string of the molecule is C[C@@H](Oc1ccc(F)cc1F)c1nnc(SCc2cccc(C(F)(F)F)c2)n1C. The van der Waals surface area contributed by atoms with Crippen LogP contribution in [0.5, 0.6) is 5.75 Å². The Hall–Kier alpha value is -2.62. The molecule has 0 radical (unpaired) electrons. The van der Waals surface area contributed by atoms with Crippen LogP contribution in [0.1, 0.15) is 30.0 Å². The van der Waals surface area contributed by atoms with Crippen molar-refractivity contribution >= 4 is 11.8 Å². The minimum absolute atomic E-state index is 0.125. The Balaban J connectivity index is 1.69. The molecule has 0 N–H and O–H groups in total. The lowest BCUT2D eigenvalue weighted by atomic mass is 10.1. The molecule has 0 aliphatic heterocycles. The van der Waals surface area contributed by atoms with Gasteiger partial charge in [0, 0.05) is 18.9 Å². The monoisotopic (exact) mass is 429 g/mol. The van der Waals surface area contributed by atoms with Gasteiger partial charge >= 0.3 is 6.18 Å². The lowest BCUT2D eigenvalue weighted by Gasteiger charge is -2.14. The highest BCUT2D eigenvalue weighted by atomic mass is 32.2. The molecule has 1 atom stereocenters. The van der Waals surface area contributed by atoms with Gasteiger partial charge in [0.1, 0.15) is 5.82 Å². The largest absolute Gasteiger partial charge is 0.480 e. The molecule has 2 aromatic carbocycles. The van der Waals surface area contributed by atoms with E-state index in [0.717, 1.165) is 24.3 Å². The average molecular weight is 429 g/mol. The second-order valence-electron chi connectivity index (χ2n) is 6.22. The van der Waals surface area contributed by atoms with E-state index >= 15 is 0 Å². The van der Waals surface area contributed by atoms with E-state index in [1.807, 2.05) is 0 Å². The first-order chi connectivity index (χ1) is 13.6. The highest BCUT2D eigenvalue weighted by Crippen LogP contribution is 2.31. The number of thioether (sulfide) groups is 1. The van der Waals surface area contributed by atoms with Crippen LogP contribution < -0.4 is 4.74 Å². The fraction of sp³-hybridized carbons (Fsp3) is 0.263. The Kier molecular flexibility index (Phi) is 6.11. The third-order valence-electron chi connectivity index (χ3n) is 4.05. The molecule has 0 aliphatic rings. The Bertz CT molecular complexity index is 1010. The number of alkyl halides is 3. The molecule has 154 valence electrons. The summed E-state index contributed by atoms with van der Waals surface area (Å²) in [6.07, 6.45) is -5.09. The molecule has 0 unspecified atom stereocenters. The minimum Gasteiger partial charge on any atom is -0.480 e. The van der Waals surface area contributed by atoms with Crippen LogP contribution in [0.2, 0.25) is 0 Å². The maximum Gasteiger partial charge on any atom is 0.416 e. The van der Waals surface area contributed by atoms with Crippen molar-refractivity contribution in [3.8, 4) is 5.75 Å². The number of ether oxygens (including phenoxy) is 1. The Labute approximate surface area is 167 Å². The number of halogens is 5. The first kappa shape index (κ1) is 21.1. The van der Waals surface area contributed by atoms with Gasteiger partial charge in [0.2, 0.25) is 0 Å². The average Bonchev–Trinajstić information content (AvgIpc) is 3.02. The van der Waals surface area contributed by atoms with Gasteiger partial charge < -0.3 is 9.30 Å². The summed E-state index contributed by atoms with van der Waals surface area (Å²) in [5.41, 5.74) is -0.218. The van der Waals surface area contributed by atoms with Crippen LogP contribution in [0.15, 0.2) is 47.6 Å². The van der Waals surface area contributed by atoms with Crippen LogP contribution in [0.4, 0.5) is 22.0 Å². The molecular weight excluding hydrogens is 413 g/mol. The maximum atomic E-state index is 13.8. The van der Waals surface area contributed by atoms with Crippen LogP contribution in [-0.2, 0) is 19.0 Å². The normalized spacial score (nSPS) is 12.8. The molecule has 0 saturated heterocycles. The molecule has 10 heteroatoms. The third kappa shape index (κ3) is 5.06. The summed E-state index contributed by atoms with van der Waals surface area (Å²) < 4.78 is 72.3. The van der Waals surface area contributed by atoms with Gasteiger partial charge in [0.25, 0.3) is 0 Å². The predicted octanol–water partition coefficient (Wildman–Crippen LogP) is 5.54. The van der Waals surface area contributed by atoms with Gasteiger partial charge in [-0.3, -0.25) is 0 Å². The van der Waals surface area contributed by atoms with Gasteiger partial charge in [-0.2, -0.15) is 13.2 Å². The van der Waals surface area contributed by atoms with Gasteiger partial charge in [-0.25, -0.2) is 8.78 Å². The van der Waals surface area contributed by atoms with Crippen LogP contribution >= 0.6 is 11.8 Å². The quantitative estimate of drug-likeness (QED) is 0.381. The molecule has 3 aromatic rings. The Morgan fingerprint density at radius 3 is 2.55 bits per heavy atom. The molecule has 1 aromatic heterocycles. The maximum absolute atomic E-state index is 13.8. The standard InChI is InChI=1S/C19H16F5N3OS/c1-11(28-16-7-6-14(20)9-15(16)21)17-25-26-18(27(17)2)29-10-12-4-3-5-13(8-12)19(22,23)24/h3-9,11H,10H2,1-2H3/t11-/m1/s1. The molecular formula is C19H16F5N3OS. The van der Waals surface area contributed by atoms with Crippen LogP contribution in [0.3, 0.4) is 0 Å². The van der Waals surface area contributed by atoms with Crippen molar-refractivity contribution in [3.63, 3.8) is 0 Å². The van der Waals surface area contributed by atoms with Crippen LogP contribution in [0.25, 0.3) is 0 Å². The molecule has 0 spiro atoms. The summed E-state index contributed by atoms with van der Waals surface area (Å²) in [6, 6.07) is 8.04. The highest BCUT2D eigenvalue weighted by molar-refractivity contribution is 7.98. The zero-order chi connectivity index (χ0) is 21.2. The van der Waals surface area contributed by atoms with Gasteiger partial charge in [-0.15, -0.1) is 10.2 Å². The van der Waals surface area contributed by atoms with Crippen molar-refractivity contribution in [3.05, 3.63) is 71.1 Å². The third-order valence-corrected chi connectivity index (χ3v) is 5.14. The smallest absolute Gasteiger partial charge is 0.416 e. The molecule has 0 aliphatic carbocycles. The summed E-state index contributed by atoms with van der Waals surface area (Å²) in [4.78, 5) is 0. The Morgan fingerprint density at radius 1 is 1.10 bits per heavy atom. The molecule has 0 bridgehead atoms. The fourth-order valence-corrected chi connectivity index (χ4v) is 3.47. The van der Waals surface area contributed by atoms with Crippen molar-refractivity contribution in [1.82, 2.24) is 14.8 Å². The van der Waals surface area contributed by atoms with Crippen molar-refractivity contribution in [1.29, 1.82) is 0 Å². The zero-order valence-electron chi connectivity index (χ0n) is 15.4. The van der Waals surface area contributed by atoms with Crippen molar-refractivity contribution < 1.29 is 26.7 Å². The molecule has 0 fully saturated rings. The highest BCUT2D eigenvalue weighted by Gasteiger charge is 2.30. The van der Waals surface area contributed by atoms with Gasteiger partial charge in [-0.05, 0) is 30.7 Å². The van der Waals surface area contributed by atoms with E-state index in [9.17, 15) is 22.0 Å². The number of aromatic nitrogens is 3. The molecule has 1 heterocycles. The predicted molar refractivity (Wildman–Crippen MR) is 97.4 cm³/mol. The molecule has 3 rings (SSSR count). The van der Waals surface area contributed by atoms with E-state index in [0.29, 0.717) is 16.5 Å². The molecule has 29 heavy (non-hydrogen) atoms. The summed E-state index contributed by atoms with van der Waals surface area (Å²) >= 11 is 1.21. The van der Waals surface area contributed by atoms with E-state index in [1.54, 1.807) is 24.6 Å². The topological polar surface area (TPSA) is 39.9 Å². The molecule has 4 nitrogen and oxygen atoms in total. The molecule has 0 saturated carbocycles. The van der Waals surface area contributed by atoms with Crippen LogP contribution in [-0.4, -0.2) is 14.8 Å². The van der Waals surface area contributed by atoms with E-state index < -0.39 is 29.5 Å². The summed E-state index contributed by atoms with van der Waals surface area (Å²) in [7, 11) is 1.67. The zero-order valence-corrected chi connectivity index (χ0v) is 16.2. The number of rotatable bonds is 6. The second kappa shape index (κ2) is 8.40. The first-order valence-electron chi connectivity index (χ1n) is 8.45. The number of hydrogen-bond acceptors (Lipinski definition) is 4. The van der Waals surface area contributed by atoms with Crippen LogP contribution in [0, 0.1) is 11.6 Å². The second-order valence-corrected chi connectivity index (χ2v) is 7.16. The van der Waals surface area contributed by atoms with Crippen molar-refractivity contribution in [2.24, 2.45) is 7.05 Å². The van der Waals surface area contributed by atoms with E-state index in [4.69, 9.17) is 4.74 Å². The van der Waals surface area contributed by atoms with Crippen molar-refractivity contribution in [2.45, 2.75) is 30.1 Å². The van der Waals surface area contributed by atoms with E-state index in [-0.39, 0.29) is 11.5 Å². The lowest BCUT2D eigenvalue weighted by molar-refractivity contribution is -0.137. The van der Waals surface area contributed by atoms with Gasteiger partial charge in [-0.1, -0.05) is 30.0 Å². The van der Waals surface area contributed by atoms with Gasteiger partial charge in [0.05, 0.1) is 5.56 Å². The number of hydrogen-bond donors (Lipinski definition) is 0. The number of nitrogens with zero attached hydrogens (tertiary/aromatic N) is 3.